The number of carboxylic acid groups (broad SMARTS) is 1. The zero-order valence-electron chi connectivity index (χ0n) is 13.3. The van der Waals surface area contributed by atoms with Gasteiger partial charge in [-0.05, 0) is 51.0 Å². The van der Waals surface area contributed by atoms with Crippen molar-refractivity contribution >= 4 is 23.2 Å². The van der Waals surface area contributed by atoms with Crippen LogP contribution in [0.1, 0.15) is 35.1 Å². The summed E-state index contributed by atoms with van der Waals surface area (Å²) in [4.78, 5) is 30.5. The smallest absolute Gasteiger partial charge is 0.326 e. The van der Waals surface area contributed by atoms with Gasteiger partial charge in [0.1, 0.15) is 21.7 Å². The number of rotatable bonds is 5. The Morgan fingerprint density at radius 2 is 1.96 bits per heavy atom. The van der Waals surface area contributed by atoms with Crippen LogP contribution in [0.4, 0.5) is 4.39 Å². The van der Waals surface area contributed by atoms with Crippen LogP contribution in [0.25, 0.3) is 10.6 Å². The summed E-state index contributed by atoms with van der Waals surface area (Å²) in [5, 5.41) is 9.88. The summed E-state index contributed by atoms with van der Waals surface area (Å²) in [6, 6.07) is 5.02. The molecule has 7 heteroatoms. The molecule has 3 rings (SSSR count). The Morgan fingerprint density at radius 3 is 2.50 bits per heavy atom. The summed E-state index contributed by atoms with van der Waals surface area (Å²) in [6.07, 6.45) is 1.65. The van der Waals surface area contributed by atoms with E-state index >= 15 is 0 Å². The van der Waals surface area contributed by atoms with Crippen molar-refractivity contribution in [3.8, 4) is 10.6 Å². The van der Waals surface area contributed by atoms with E-state index in [1.807, 2.05) is 0 Å². The molecule has 1 amide bonds. The number of aromatic nitrogens is 1. The first-order valence-corrected chi connectivity index (χ1v) is 8.49. The Morgan fingerprint density at radius 1 is 1.33 bits per heavy atom. The van der Waals surface area contributed by atoms with Gasteiger partial charge in [-0.1, -0.05) is 0 Å². The van der Waals surface area contributed by atoms with Gasteiger partial charge in [0.15, 0.2) is 0 Å². The van der Waals surface area contributed by atoms with Crippen molar-refractivity contribution in [3.05, 3.63) is 40.7 Å². The molecule has 5 nitrogen and oxygen atoms in total. The molecular weight excluding hydrogens is 331 g/mol. The van der Waals surface area contributed by atoms with Crippen LogP contribution < -0.4 is 0 Å². The Bertz CT molecular complexity index is 784. The van der Waals surface area contributed by atoms with Crippen molar-refractivity contribution < 1.29 is 19.1 Å². The predicted molar refractivity (Wildman–Crippen MR) is 88.5 cm³/mol. The molecule has 0 spiro atoms. The summed E-state index contributed by atoms with van der Waals surface area (Å²) >= 11 is 1.21. The van der Waals surface area contributed by atoms with E-state index in [1.54, 1.807) is 19.1 Å². The zero-order chi connectivity index (χ0) is 17.4. The van der Waals surface area contributed by atoms with Crippen LogP contribution in [0.15, 0.2) is 24.3 Å². The van der Waals surface area contributed by atoms with Crippen LogP contribution in [-0.4, -0.2) is 39.0 Å². The van der Waals surface area contributed by atoms with Crippen LogP contribution in [0.2, 0.25) is 0 Å². The average molecular weight is 348 g/mol. The molecule has 1 fully saturated rings. The van der Waals surface area contributed by atoms with E-state index in [9.17, 15) is 19.1 Å². The van der Waals surface area contributed by atoms with Crippen molar-refractivity contribution in [2.75, 3.05) is 0 Å². The van der Waals surface area contributed by atoms with Crippen LogP contribution >= 0.6 is 11.3 Å². The largest absolute Gasteiger partial charge is 0.480 e. The lowest BCUT2D eigenvalue weighted by atomic mass is 10.2. The summed E-state index contributed by atoms with van der Waals surface area (Å²) in [5.74, 6) is -1.65. The molecule has 1 heterocycles. The highest BCUT2D eigenvalue weighted by Crippen LogP contribution is 2.34. The summed E-state index contributed by atoms with van der Waals surface area (Å²) in [5.41, 5.74) is 1.29. The van der Waals surface area contributed by atoms with E-state index < -0.39 is 12.0 Å². The fraction of sp³-hybridized carbons (Fsp3) is 0.353. The monoisotopic (exact) mass is 348 g/mol. The molecule has 24 heavy (non-hydrogen) atoms. The minimum absolute atomic E-state index is 0.0145. The standard InChI is InChI=1S/C17H17FN2O3S/c1-9-14(16(21)20(13-7-8-13)10(2)17(22)23)24-15(19-9)11-3-5-12(18)6-4-11/h3-6,10,13H,7-8H2,1-2H3,(H,22,23). The van der Waals surface area contributed by atoms with Gasteiger partial charge in [-0.15, -0.1) is 11.3 Å². The van der Waals surface area contributed by atoms with Crippen molar-refractivity contribution in [1.29, 1.82) is 0 Å². The van der Waals surface area contributed by atoms with Gasteiger partial charge in [-0.3, -0.25) is 4.79 Å². The second-order valence-corrected chi connectivity index (χ2v) is 6.90. The molecule has 0 bridgehead atoms. The number of thiazole rings is 1. The fourth-order valence-corrected chi connectivity index (χ4v) is 3.57. The molecule has 2 aromatic rings. The highest BCUT2D eigenvalue weighted by molar-refractivity contribution is 7.17. The van der Waals surface area contributed by atoms with Gasteiger partial charge < -0.3 is 10.0 Å². The third kappa shape index (κ3) is 3.17. The van der Waals surface area contributed by atoms with Crippen molar-refractivity contribution in [2.45, 2.75) is 38.8 Å². The summed E-state index contributed by atoms with van der Waals surface area (Å²) in [6.45, 7) is 3.25. The fourth-order valence-electron chi connectivity index (χ4n) is 2.56. The molecule has 1 saturated carbocycles. The molecule has 0 saturated heterocycles. The lowest BCUT2D eigenvalue weighted by molar-refractivity contribution is -0.141. The lowest BCUT2D eigenvalue weighted by Gasteiger charge is -2.26. The van der Waals surface area contributed by atoms with E-state index in [0.29, 0.717) is 15.6 Å². The Hall–Kier alpha value is -2.28. The van der Waals surface area contributed by atoms with Crippen molar-refractivity contribution in [2.24, 2.45) is 0 Å². The molecular formula is C17H17FN2O3S. The second-order valence-electron chi connectivity index (χ2n) is 5.90. The maximum Gasteiger partial charge on any atom is 0.326 e. The third-order valence-corrected chi connectivity index (χ3v) is 5.23. The lowest BCUT2D eigenvalue weighted by Crippen LogP contribution is -2.44. The highest BCUT2D eigenvalue weighted by Gasteiger charge is 2.40. The summed E-state index contributed by atoms with van der Waals surface area (Å²) in [7, 11) is 0. The minimum Gasteiger partial charge on any atom is -0.480 e. The zero-order valence-corrected chi connectivity index (χ0v) is 14.1. The Kier molecular flexibility index (Phi) is 4.36. The molecule has 1 aromatic heterocycles. The number of amides is 1. The first-order chi connectivity index (χ1) is 11.4. The van der Waals surface area contributed by atoms with Gasteiger partial charge in [-0.2, -0.15) is 0 Å². The number of carbonyl (C=O) groups is 2. The molecule has 1 aliphatic carbocycles. The minimum atomic E-state index is -1.02. The molecule has 1 atom stereocenters. The topological polar surface area (TPSA) is 70.5 Å². The normalized spacial score (nSPS) is 15.1. The van der Waals surface area contributed by atoms with Gasteiger partial charge >= 0.3 is 5.97 Å². The number of hydrogen-bond donors (Lipinski definition) is 1. The third-order valence-electron chi connectivity index (χ3n) is 4.03. The number of aliphatic carboxylic acids is 1. The van der Waals surface area contributed by atoms with E-state index in [4.69, 9.17) is 0 Å². The molecule has 0 radical (unpaired) electrons. The molecule has 1 N–H and O–H groups in total. The average Bonchev–Trinajstić information content (AvgIpc) is 3.29. The highest BCUT2D eigenvalue weighted by atomic mass is 32.1. The number of aryl methyl sites for hydroxylation is 1. The maximum atomic E-state index is 13.0. The number of halogens is 1. The summed E-state index contributed by atoms with van der Waals surface area (Å²) < 4.78 is 13.0. The number of carboxylic acids is 1. The molecule has 1 aliphatic rings. The quantitative estimate of drug-likeness (QED) is 0.900. The maximum absolute atomic E-state index is 13.0. The first-order valence-electron chi connectivity index (χ1n) is 7.67. The van der Waals surface area contributed by atoms with Gasteiger partial charge in [0.05, 0.1) is 5.69 Å². The number of carbonyl (C=O) groups excluding carboxylic acids is 1. The van der Waals surface area contributed by atoms with E-state index in [0.717, 1.165) is 18.4 Å². The van der Waals surface area contributed by atoms with Crippen molar-refractivity contribution in [3.63, 3.8) is 0 Å². The van der Waals surface area contributed by atoms with Crippen LogP contribution in [0, 0.1) is 12.7 Å². The van der Waals surface area contributed by atoms with Gasteiger partial charge in [-0.25, -0.2) is 14.2 Å². The Balaban J connectivity index is 1.92. The van der Waals surface area contributed by atoms with Gasteiger partial charge in [0, 0.05) is 11.6 Å². The number of hydrogen-bond acceptors (Lipinski definition) is 4. The molecule has 0 aliphatic heterocycles. The first kappa shape index (κ1) is 16.6. The van der Waals surface area contributed by atoms with Crippen LogP contribution in [0.3, 0.4) is 0 Å². The SMILES string of the molecule is Cc1nc(-c2ccc(F)cc2)sc1C(=O)N(C1CC1)C(C)C(=O)O. The van der Waals surface area contributed by atoms with E-state index in [1.165, 1.54) is 35.3 Å². The van der Waals surface area contributed by atoms with E-state index in [-0.39, 0.29) is 17.8 Å². The van der Waals surface area contributed by atoms with Gasteiger partial charge in [0.25, 0.3) is 5.91 Å². The molecule has 1 unspecified atom stereocenters. The van der Waals surface area contributed by atoms with Crippen LogP contribution in [-0.2, 0) is 4.79 Å². The molecule has 1 aromatic carbocycles. The number of nitrogens with zero attached hydrogens (tertiary/aromatic N) is 2. The number of benzene rings is 1. The molecule has 126 valence electrons. The van der Waals surface area contributed by atoms with Crippen molar-refractivity contribution in [1.82, 2.24) is 9.88 Å². The Labute approximate surface area is 142 Å². The van der Waals surface area contributed by atoms with E-state index in [2.05, 4.69) is 4.98 Å². The van der Waals surface area contributed by atoms with Crippen LogP contribution in [0.5, 0.6) is 0 Å². The second kappa shape index (κ2) is 6.32. The van der Waals surface area contributed by atoms with Gasteiger partial charge in [0.2, 0.25) is 0 Å². The predicted octanol–water partition coefficient (Wildman–Crippen LogP) is 3.34.